The van der Waals surface area contributed by atoms with Crippen molar-refractivity contribution in [2.24, 2.45) is 5.92 Å². The normalized spacial score (nSPS) is 19.1. The Morgan fingerprint density at radius 1 is 1.27 bits per heavy atom. The molecule has 0 bridgehead atoms. The maximum atomic E-state index is 3.37. The van der Waals surface area contributed by atoms with Gasteiger partial charge >= 0.3 is 0 Å². The van der Waals surface area contributed by atoms with E-state index in [1.165, 1.54) is 25.9 Å². The summed E-state index contributed by atoms with van der Waals surface area (Å²) in [5.41, 5.74) is 3.31. The molecule has 0 amide bonds. The van der Waals surface area contributed by atoms with Crippen LogP contribution in [0.2, 0.25) is 0 Å². The zero-order chi connectivity index (χ0) is 8.27. The summed E-state index contributed by atoms with van der Waals surface area (Å²) < 4.78 is 0. The average Bonchev–Trinajstić information content (AvgIpc) is 2.05. The highest BCUT2D eigenvalue weighted by Crippen LogP contribution is 2.20. The van der Waals surface area contributed by atoms with Crippen LogP contribution in [0.1, 0.15) is 33.6 Å². The van der Waals surface area contributed by atoms with E-state index in [0.29, 0.717) is 0 Å². The van der Waals surface area contributed by atoms with Gasteiger partial charge in [-0.15, -0.1) is 0 Å². The van der Waals surface area contributed by atoms with Crippen molar-refractivity contribution < 1.29 is 0 Å². The highest BCUT2D eigenvalue weighted by Gasteiger charge is 2.09. The molecule has 1 saturated heterocycles. The molecule has 0 atom stereocenters. The van der Waals surface area contributed by atoms with Gasteiger partial charge in [-0.1, -0.05) is 25.0 Å². The minimum Gasteiger partial charge on any atom is -0.316 e. The lowest BCUT2D eigenvalue weighted by Crippen LogP contribution is -2.24. The molecule has 0 aromatic carbocycles. The van der Waals surface area contributed by atoms with Gasteiger partial charge in [-0.3, -0.25) is 0 Å². The van der Waals surface area contributed by atoms with E-state index in [1.807, 2.05) is 0 Å². The molecule has 1 rings (SSSR count). The number of rotatable bonds is 1. The summed E-state index contributed by atoms with van der Waals surface area (Å²) in [6.07, 6.45) is 2.54. The van der Waals surface area contributed by atoms with Gasteiger partial charge in [0.05, 0.1) is 0 Å². The fraction of sp³-hybridized carbons (Fsp3) is 0.800. The van der Waals surface area contributed by atoms with Gasteiger partial charge in [-0.2, -0.15) is 0 Å². The lowest BCUT2D eigenvalue weighted by molar-refractivity contribution is 0.590. The van der Waals surface area contributed by atoms with E-state index >= 15 is 0 Å². The maximum Gasteiger partial charge on any atom is -0.00114 e. The number of hydrogen-bond donors (Lipinski definition) is 1. The molecule has 0 aromatic heterocycles. The molecule has 0 unspecified atom stereocenters. The highest BCUT2D eigenvalue weighted by atomic mass is 14.9. The molecule has 0 saturated carbocycles. The molecule has 1 heteroatoms. The van der Waals surface area contributed by atoms with E-state index in [2.05, 4.69) is 26.1 Å². The summed E-state index contributed by atoms with van der Waals surface area (Å²) >= 11 is 0. The number of hydrogen-bond acceptors (Lipinski definition) is 1. The van der Waals surface area contributed by atoms with Crippen LogP contribution >= 0.6 is 0 Å². The van der Waals surface area contributed by atoms with Gasteiger partial charge in [0.25, 0.3) is 0 Å². The number of nitrogens with one attached hydrogen (secondary N) is 1. The number of allylic oxidation sites excluding steroid dienone is 1. The molecule has 1 aliphatic rings. The summed E-state index contributed by atoms with van der Waals surface area (Å²) in [6, 6.07) is 0. The van der Waals surface area contributed by atoms with Crippen LogP contribution in [0.4, 0.5) is 0 Å². The van der Waals surface area contributed by atoms with Gasteiger partial charge in [0.1, 0.15) is 0 Å². The Morgan fingerprint density at radius 3 is 2.27 bits per heavy atom. The third-order valence-corrected chi connectivity index (χ3v) is 2.63. The fourth-order valence-corrected chi connectivity index (χ4v) is 1.53. The Kier molecular flexibility index (Phi) is 3.13. The van der Waals surface area contributed by atoms with Crippen LogP contribution in [-0.4, -0.2) is 13.1 Å². The Labute approximate surface area is 69.9 Å². The van der Waals surface area contributed by atoms with Crippen LogP contribution in [0.5, 0.6) is 0 Å². The highest BCUT2D eigenvalue weighted by molar-refractivity contribution is 5.15. The predicted octanol–water partition coefficient (Wildman–Crippen LogP) is 2.34. The second kappa shape index (κ2) is 3.91. The molecular weight excluding hydrogens is 134 g/mol. The molecule has 0 aromatic rings. The van der Waals surface area contributed by atoms with Crippen LogP contribution in [0.3, 0.4) is 0 Å². The minimum atomic E-state index is 0.739. The van der Waals surface area contributed by atoms with Crippen LogP contribution < -0.4 is 5.32 Å². The zero-order valence-electron chi connectivity index (χ0n) is 7.91. The first kappa shape index (κ1) is 8.79. The van der Waals surface area contributed by atoms with Crippen LogP contribution in [0, 0.1) is 5.92 Å². The third kappa shape index (κ3) is 2.33. The van der Waals surface area contributed by atoms with Crippen LogP contribution in [0.25, 0.3) is 0 Å². The second-order valence-electron chi connectivity index (χ2n) is 3.69. The monoisotopic (exact) mass is 153 g/mol. The van der Waals surface area contributed by atoms with Gasteiger partial charge in [-0.05, 0) is 38.8 Å². The largest absolute Gasteiger partial charge is 0.316 e. The van der Waals surface area contributed by atoms with Crippen molar-refractivity contribution in [3.8, 4) is 0 Å². The quantitative estimate of drug-likeness (QED) is 0.570. The molecular formula is C10H19N. The summed E-state index contributed by atoms with van der Waals surface area (Å²) in [6.45, 7) is 9.21. The first-order valence-electron chi connectivity index (χ1n) is 4.61. The Balaban J connectivity index is 2.60. The van der Waals surface area contributed by atoms with Crippen molar-refractivity contribution in [3.63, 3.8) is 0 Å². The van der Waals surface area contributed by atoms with E-state index < -0.39 is 0 Å². The van der Waals surface area contributed by atoms with Crippen molar-refractivity contribution >= 4 is 0 Å². The first-order chi connectivity index (χ1) is 5.22. The van der Waals surface area contributed by atoms with E-state index in [1.54, 1.807) is 11.1 Å². The molecule has 64 valence electrons. The average molecular weight is 153 g/mol. The minimum absolute atomic E-state index is 0.739. The summed E-state index contributed by atoms with van der Waals surface area (Å²) in [5, 5.41) is 3.37. The molecule has 1 N–H and O–H groups in total. The van der Waals surface area contributed by atoms with Crippen molar-refractivity contribution in [1.29, 1.82) is 0 Å². The predicted molar refractivity (Wildman–Crippen MR) is 49.6 cm³/mol. The van der Waals surface area contributed by atoms with Crippen molar-refractivity contribution in [2.75, 3.05) is 13.1 Å². The summed E-state index contributed by atoms with van der Waals surface area (Å²) in [4.78, 5) is 0. The summed E-state index contributed by atoms with van der Waals surface area (Å²) in [7, 11) is 0. The van der Waals surface area contributed by atoms with Crippen molar-refractivity contribution in [2.45, 2.75) is 33.6 Å². The van der Waals surface area contributed by atoms with Gasteiger partial charge in [-0.25, -0.2) is 0 Å². The molecule has 1 heterocycles. The fourth-order valence-electron chi connectivity index (χ4n) is 1.53. The molecule has 1 aliphatic heterocycles. The number of piperidine rings is 1. The van der Waals surface area contributed by atoms with Crippen molar-refractivity contribution in [1.82, 2.24) is 5.32 Å². The van der Waals surface area contributed by atoms with Crippen molar-refractivity contribution in [3.05, 3.63) is 11.1 Å². The van der Waals surface area contributed by atoms with Crippen LogP contribution in [0.15, 0.2) is 11.1 Å². The first-order valence-corrected chi connectivity index (χ1v) is 4.61. The van der Waals surface area contributed by atoms with Gasteiger partial charge in [0.15, 0.2) is 0 Å². The van der Waals surface area contributed by atoms with Gasteiger partial charge in [0.2, 0.25) is 0 Å². The van der Waals surface area contributed by atoms with E-state index in [-0.39, 0.29) is 0 Å². The smallest absolute Gasteiger partial charge is 0.00114 e. The second-order valence-corrected chi connectivity index (χ2v) is 3.69. The van der Waals surface area contributed by atoms with E-state index in [9.17, 15) is 0 Å². The topological polar surface area (TPSA) is 12.0 Å². The third-order valence-electron chi connectivity index (χ3n) is 2.63. The SMILES string of the molecule is CC(=C1CCNCC1)C(C)C. The summed E-state index contributed by atoms with van der Waals surface area (Å²) in [5.74, 6) is 0.739. The van der Waals surface area contributed by atoms with Crippen LogP contribution in [-0.2, 0) is 0 Å². The molecule has 0 aliphatic carbocycles. The molecule has 0 radical (unpaired) electrons. The van der Waals surface area contributed by atoms with Gasteiger partial charge < -0.3 is 5.32 Å². The molecule has 1 fully saturated rings. The van der Waals surface area contributed by atoms with E-state index in [4.69, 9.17) is 0 Å². The Hall–Kier alpha value is -0.300. The standard InChI is InChI=1S/C10H19N/c1-8(2)9(3)10-4-6-11-7-5-10/h8,11H,4-7H2,1-3H3. The Morgan fingerprint density at radius 2 is 1.82 bits per heavy atom. The molecule has 1 nitrogen and oxygen atoms in total. The molecule has 0 spiro atoms. The zero-order valence-corrected chi connectivity index (χ0v) is 7.91. The molecule has 11 heavy (non-hydrogen) atoms. The lowest BCUT2D eigenvalue weighted by Gasteiger charge is -2.20. The Bertz CT molecular complexity index is 148. The van der Waals surface area contributed by atoms with Gasteiger partial charge in [0, 0.05) is 0 Å². The lowest BCUT2D eigenvalue weighted by atomic mass is 9.93. The van der Waals surface area contributed by atoms with E-state index in [0.717, 1.165) is 5.92 Å². The maximum absolute atomic E-state index is 3.37.